The molecule has 0 unspecified atom stereocenters. The maximum Gasteiger partial charge on any atom is 0.266 e. The lowest BCUT2D eigenvalue weighted by molar-refractivity contribution is 0.244. The van der Waals surface area contributed by atoms with Crippen LogP contribution >= 0.6 is 0 Å². The summed E-state index contributed by atoms with van der Waals surface area (Å²) in [4.78, 5) is 12.2. The Morgan fingerprint density at radius 3 is 2.48 bits per heavy atom. The van der Waals surface area contributed by atoms with Crippen molar-refractivity contribution in [1.29, 1.82) is 0 Å². The van der Waals surface area contributed by atoms with Crippen molar-refractivity contribution in [2.75, 3.05) is 13.1 Å². The van der Waals surface area contributed by atoms with Gasteiger partial charge in [-0.2, -0.15) is 14.5 Å². The van der Waals surface area contributed by atoms with E-state index in [1.165, 1.54) is 15.1 Å². The average molecular weight is 365 g/mol. The van der Waals surface area contributed by atoms with Crippen molar-refractivity contribution in [2.45, 2.75) is 45.1 Å². The molecule has 0 spiro atoms. The van der Waals surface area contributed by atoms with Crippen LogP contribution in [0.1, 0.15) is 29.9 Å². The van der Waals surface area contributed by atoms with Gasteiger partial charge in [0.25, 0.3) is 5.56 Å². The summed E-state index contributed by atoms with van der Waals surface area (Å²) in [7, 11) is -3.54. The number of rotatable bonds is 4. The summed E-state index contributed by atoms with van der Waals surface area (Å²) in [6.07, 6.45) is 1.41. The maximum absolute atomic E-state index is 12.9. The highest BCUT2D eigenvalue weighted by Crippen LogP contribution is 2.27. The van der Waals surface area contributed by atoms with Crippen LogP contribution in [0.2, 0.25) is 0 Å². The van der Waals surface area contributed by atoms with Crippen LogP contribution in [-0.4, -0.2) is 45.8 Å². The number of H-pyrrole nitrogens is 1. The van der Waals surface area contributed by atoms with E-state index in [9.17, 15) is 13.2 Å². The molecule has 8 nitrogen and oxygen atoms in total. The molecule has 0 amide bonds. The second-order valence-electron chi connectivity index (χ2n) is 6.61. The van der Waals surface area contributed by atoms with E-state index in [0.29, 0.717) is 43.9 Å². The molecule has 9 heteroatoms. The molecule has 25 heavy (non-hydrogen) atoms. The predicted octanol–water partition coefficient (Wildman–Crippen LogP) is 0.993. The minimum Gasteiger partial charge on any atom is -0.281 e. The van der Waals surface area contributed by atoms with Crippen LogP contribution in [0.4, 0.5) is 0 Å². The first kappa shape index (κ1) is 17.8. The first-order valence-electron chi connectivity index (χ1n) is 8.35. The van der Waals surface area contributed by atoms with E-state index >= 15 is 0 Å². The fraction of sp³-hybridized carbons (Fsp3) is 0.562. The largest absolute Gasteiger partial charge is 0.281 e. The molecule has 136 valence electrons. The third-order valence-electron chi connectivity index (χ3n) is 4.66. The maximum atomic E-state index is 12.9. The van der Waals surface area contributed by atoms with Crippen LogP contribution in [0.3, 0.4) is 0 Å². The number of aromatic amines is 1. The van der Waals surface area contributed by atoms with Gasteiger partial charge in [0.15, 0.2) is 0 Å². The van der Waals surface area contributed by atoms with Crippen molar-refractivity contribution in [1.82, 2.24) is 24.3 Å². The van der Waals surface area contributed by atoms with Crippen molar-refractivity contribution in [3.05, 3.63) is 39.6 Å². The highest BCUT2D eigenvalue weighted by molar-refractivity contribution is 7.89. The molecule has 3 rings (SSSR count). The summed E-state index contributed by atoms with van der Waals surface area (Å²) >= 11 is 0. The van der Waals surface area contributed by atoms with Gasteiger partial charge in [-0.1, -0.05) is 0 Å². The van der Waals surface area contributed by atoms with Crippen LogP contribution in [-0.2, 0) is 16.6 Å². The zero-order valence-electron chi connectivity index (χ0n) is 14.7. The van der Waals surface area contributed by atoms with Gasteiger partial charge in [0.2, 0.25) is 10.0 Å². The minimum atomic E-state index is -3.54. The molecular weight excluding hydrogens is 342 g/mol. The van der Waals surface area contributed by atoms with Gasteiger partial charge in [-0.3, -0.25) is 9.89 Å². The Kier molecular flexibility index (Phi) is 4.79. The predicted molar refractivity (Wildman–Crippen MR) is 92.8 cm³/mol. The van der Waals surface area contributed by atoms with Gasteiger partial charge >= 0.3 is 0 Å². The quantitative estimate of drug-likeness (QED) is 0.871. The zero-order chi connectivity index (χ0) is 18.2. The Bertz CT molecular complexity index is 904. The first-order chi connectivity index (χ1) is 11.8. The van der Waals surface area contributed by atoms with Crippen molar-refractivity contribution < 1.29 is 8.42 Å². The molecule has 1 aliphatic rings. The lowest BCUT2D eigenvalue weighted by Gasteiger charge is -2.31. The van der Waals surface area contributed by atoms with Gasteiger partial charge in [-0.15, -0.1) is 0 Å². The fourth-order valence-corrected chi connectivity index (χ4v) is 5.11. The van der Waals surface area contributed by atoms with E-state index in [1.54, 1.807) is 19.9 Å². The van der Waals surface area contributed by atoms with Crippen LogP contribution in [0.25, 0.3) is 0 Å². The fourth-order valence-electron chi connectivity index (χ4n) is 3.31. The average Bonchev–Trinajstić information content (AvgIpc) is 2.91. The standard InChI is InChI=1S/C16H23N5O3S/c1-11-4-5-15(22)21(19-11)10-14-6-8-20(9-7-14)25(23,24)16-12(2)17-18-13(16)3/h4-5,14H,6-10H2,1-3H3,(H,17,18). The Balaban J connectivity index is 1.70. The molecule has 1 N–H and O–H groups in total. The lowest BCUT2D eigenvalue weighted by Crippen LogP contribution is -2.40. The molecule has 0 aromatic carbocycles. The molecule has 0 aliphatic carbocycles. The van der Waals surface area contributed by atoms with Gasteiger partial charge in [-0.25, -0.2) is 13.1 Å². The van der Waals surface area contributed by atoms with Crippen LogP contribution in [0, 0.1) is 26.7 Å². The molecule has 2 aromatic rings. The second-order valence-corrected chi connectivity index (χ2v) is 8.48. The summed E-state index contributed by atoms with van der Waals surface area (Å²) in [5.74, 6) is 0.241. The summed E-state index contributed by atoms with van der Waals surface area (Å²) in [5.41, 5.74) is 1.74. The third-order valence-corrected chi connectivity index (χ3v) is 6.83. The lowest BCUT2D eigenvalue weighted by atomic mass is 9.98. The third kappa shape index (κ3) is 3.52. The summed E-state index contributed by atoms with van der Waals surface area (Å²) in [5, 5.41) is 11.0. The highest BCUT2D eigenvalue weighted by atomic mass is 32.2. The molecule has 0 bridgehead atoms. The SMILES string of the molecule is Cc1ccc(=O)n(CC2CCN(S(=O)(=O)c3c(C)n[nH]c3C)CC2)n1. The second kappa shape index (κ2) is 6.72. The molecule has 0 atom stereocenters. The number of aryl methyl sites for hydroxylation is 3. The Morgan fingerprint density at radius 2 is 1.88 bits per heavy atom. The summed E-state index contributed by atoms with van der Waals surface area (Å²) in [6.45, 7) is 6.67. The summed E-state index contributed by atoms with van der Waals surface area (Å²) in [6, 6.07) is 3.22. The van der Waals surface area contributed by atoms with Crippen LogP contribution < -0.4 is 5.56 Å². The summed E-state index contributed by atoms with van der Waals surface area (Å²) < 4.78 is 28.7. The van der Waals surface area contributed by atoms with Gasteiger partial charge in [0.05, 0.1) is 17.1 Å². The van der Waals surface area contributed by atoms with E-state index in [1.807, 2.05) is 6.92 Å². The van der Waals surface area contributed by atoms with E-state index in [4.69, 9.17) is 0 Å². The van der Waals surface area contributed by atoms with Crippen molar-refractivity contribution in [2.24, 2.45) is 5.92 Å². The van der Waals surface area contributed by atoms with E-state index in [-0.39, 0.29) is 16.4 Å². The normalized spacial score (nSPS) is 17.1. The molecule has 2 aromatic heterocycles. The van der Waals surface area contributed by atoms with E-state index in [0.717, 1.165) is 5.69 Å². The highest BCUT2D eigenvalue weighted by Gasteiger charge is 2.32. The number of sulfonamides is 1. The smallest absolute Gasteiger partial charge is 0.266 e. The van der Waals surface area contributed by atoms with Crippen molar-refractivity contribution in [3.8, 4) is 0 Å². The minimum absolute atomic E-state index is 0.120. The Morgan fingerprint density at radius 1 is 1.20 bits per heavy atom. The van der Waals surface area contributed by atoms with E-state index < -0.39 is 10.0 Å². The van der Waals surface area contributed by atoms with Gasteiger partial charge < -0.3 is 0 Å². The first-order valence-corrected chi connectivity index (χ1v) is 9.79. The molecule has 3 heterocycles. The zero-order valence-corrected chi connectivity index (χ0v) is 15.5. The molecule has 1 fully saturated rings. The van der Waals surface area contributed by atoms with Gasteiger partial charge in [-0.05, 0) is 45.6 Å². The number of nitrogens with one attached hydrogen (secondary N) is 1. The number of hydrogen-bond donors (Lipinski definition) is 1. The molecule has 1 saturated heterocycles. The molecule has 0 radical (unpaired) electrons. The van der Waals surface area contributed by atoms with Crippen LogP contribution in [0.5, 0.6) is 0 Å². The van der Waals surface area contributed by atoms with Gasteiger partial charge in [0.1, 0.15) is 4.90 Å². The van der Waals surface area contributed by atoms with E-state index in [2.05, 4.69) is 15.3 Å². The van der Waals surface area contributed by atoms with Gasteiger partial charge in [0, 0.05) is 25.7 Å². The Labute approximate surface area is 146 Å². The van der Waals surface area contributed by atoms with Crippen molar-refractivity contribution in [3.63, 3.8) is 0 Å². The number of aromatic nitrogens is 4. The molecule has 0 saturated carbocycles. The van der Waals surface area contributed by atoms with Crippen molar-refractivity contribution >= 4 is 10.0 Å². The van der Waals surface area contributed by atoms with Crippen LogP contribution in [0.15, 0.2) is 21.8 Å². The Hall–Kier alpha value is -2.00. The molecule has 1 aliphatic heterocycles. The topological polar surface area (TPSA) is 101 Å². The number of hydrogen-bond acceptors (Lipinski definition) is 5. The number of piperidine rings is 1. The number of nitrogens with zero attached hydrogens (tertiary/aromatic N) is 4. The molecular formula is C16H23N5O3S. The monoisotopic (exact) mass is 365 g/mol.